The third kappa shape index (κ3) is 3.72. The SMILES string of the molecule is COC(F)(F)c1nnc2ccc(-c3cnc(O[C@H](C)C(F)(F)F)c(F)c3)cn12. The molecule has 1 atom stereocenters. The first kappa shape index (κ1) is 19.9. The van der Waals surface area contributed by atoms with E-state index in [2.05, 4.69) is 24.7 Å². The van der Waals surface area contributed by atoms with Crippen molar-refractivity contribution in [2.45, 2.75) is 25.3 Å². The standard InChI is InChI=1S/C16H12F6N4O2/c1-8(15(18,19)20)28-13-11(17)5-10(6-23-13)9-3-4-12-24-25-14(26(12)7-9)16(21,22)27-2/h3-8H,1-2H3/t8-/m1/s1. The summed E-state index contributed by atoms with van der Waals surface area (Å²) in [6.45, 7) is 0.715. The van der Waals surface area contributed by atoms with Crippen LogP contribution >= 0.6 is 0 Å². The first-order chi connectivity index (χ1) is 13.0. The van der Waals surface area contributed by atoms with E-state index >= 15 is 0 Å². The Morgan fingerprint density at radius 3 is 2.39 bits per heavy atom. The number of hydrogen-bond acceptors (Lipinski definition) is 5. The molecule has 0 unspecified atom stereocenters. The average Bonchev–Trinajstić information content (AvgIpc) is 3.06. The van der Waals surface area contributed by atoms with Crippen molar-refractivity contribution in [2.75, 3.05) is 7.11 Å². The molecule has 150 valence electrons. The monoisotopic (exact) mass is 406 g/mol. The molecule has 28 heavy (non-hydrogen) atoms. The number of fused-ring (bicyclic) bond motifs is 1. The van der Waals surface area contributed by atoms with Gasteiger partial charge in [-0.25, -0.2) is 9.37 Å². The van der Waals surface area contributed by atoms with Crippen LogP contribution < -0.4 is 4.74 Å². The molecule has 3 aromatic heterocycles. The minimum absolute atomic E-state index is 0.0860. The lowest BCUT2D eigenvalue weighted by atomic mass is 10.1. The molecule has 0 spiro atoms. The Labute approximate surface area is 153 Å². The zero-order valence-electron chi connectivity index (χ0n) is 14.3. The molecule has 0 aliphatic heterocycles. The van der Waals surface area contributed by atoms with Gasteiger partial charge >= 0.3 is 12.3 Å². The van der Waals surface area contributed by atoms with Crippen LogP contribution in [0.25, 0.3) is 16.8 Å². The van der Waals surface area contributed by atoms with Crippen LogP contribution in [-0.4, -0.2) is 39.0 Å². The number of nitrogens with zero attached hydrogens (tertiary/aromatic N) is 4. The first-order valence-corrected chi connectivity index (χ1v) is 7.70. The quantitative estimate of drug-likeness (QED) is 0.601. The van der Waals surface area contributed by atoms with E-state index in [0.717, 1.165) is 23.8 Å². The van der Waals surface area contributed by atoms with Gasteiger partial charge in [0.05, 0.1) is 0 Å². The molecule has 0 saturated heterocycles. The zero-order valence-corrected chi connectivity index (χ0v) is 14.3. The third-order valence-corrected chi connectivity index (χ3v) is 3.81. The van der Waals surface area contributed by atoms with Crippen molar-refractivity contribution in [3.8, 4) is 17.0 Å². The molecule has 0 saturated carbocycles. The Balaban J connectivity index is 1.97. The number of halogens is 6. The topological polar surface area (TPSA) is 61.5 Å². The van der Waals surface area contributed by atoms with Crippen molar-refractivity contribution in [3.63, 3.8) is 0 Å². The summed E-state index contributed by atoms with van der Waals surface area (Å²) in [7, 11) is 0.797. The van der Waals surface area contributed by atoms with Crippen molar-refractivity contribution < 1.29 is 35.8 Å². The van der Waals surface area contributed by atoms with E-state index in [1.165, 1.54) is 18.3 Å². The van der Waals surface area contributed by atoms with Gasteiger partial charge in [0, 0.05) is 30.6 Å². The molecular weight excluding hydrogens is 394 g/mol. The smallest absolute Gasteiger partial charge is 0.425 e. The largest absolute Gasteiger partial charge is 0.463 e. The molecule has 0 aliphatic rings. The summed E-state index contributed by atoms with van der Waals surface area (Å²) in [6.07, 6.45) is -8.40. The van der Waals surface area contributed by atoms with Crippen LogP contribution in [0.15, 0.2) is 30.6 Å². The van der Waals surface area contributed by atoms with E-state index < -0.39 is 35.9 Å². The van der Waals surface area contributed by atoms with E-state index in [4.69, 9.17) is 0 Å². The van der Waals surface area contributed by atoms with Gasteiger partial charge in [0.1, 0.15) is 0 Å². The third-order valence-electron chi connectivity index (χ3n) is 3.81. The fourth-order valence-electron chi connectivity index (χ4n) is 2.26. The van der Waals surface area contributed by atoms with E-state index in [0.29, 0.717) is 6.92 Å². The molecule has 3 rings (SSSR count). The summed E-state index contributed by atoms with van der Waals surface area (Å²) in [6, 6.07) is 3.67. The fourth-order valence-corrected chi connectivity index (χ4v) is 2.26. The number of hydrogen-bond donors (Lipinski definition) is 0. The van der Waals surface area contributed by atoms with Gasteiger partial charge in [-0.3, -0.25) is 4.40 Å². The van der Waals surface area contributed by atoms with Crippen molar-refractivity contribution in [1.29, 1.82) is 0 Å². The molecule has 0 aromatic carbocycles. The highest BCUT2D eigenvalue weighted by atomic mass is 19.4. The van der Waals surface area contributed by atoms with Crippen LogP contribution in [0.1, 0.15) is 12.7 Å². The van der Waals surface area contributed by atoms with E-state index in [1.807, 2.05) is 0 Å². The van der Waals surface area contributed by atoms with Gasteiger partial charge in [0.2, 0.25) is 5.82 Å². The molecule has 0 fully saturated rings. The Bertz CT molecular complexity index is 1000. The van der Waals surface area contributed by atoms with Crippen LogP contribution in [0.5, 0.6) is 5.88 Å². The lowest BCUT2D eigenvalue weighted by molar-refractivity contribution is -0.237. The maximum atomic E-state index is 14.1. The second kappa shape index (κ2) is 6.93. The van der Waals surface area contributed by atoms with Crippen LogP contribution in [0.2, 0.25) is 0 Å². The minimum Gasteiger partial charge on any atom is -0.463 e. The normalized spacial score (nSPS) is 13.7. The predicted octanol–water partition coefficient (Wildman–Crippen LogP) is 3.96. The van der Waals surface area contributed by atoms with Crippen LogP contribution in [-0.2, 0) is 10.8 Å². The number of aromatic nitrogens is 4. The molecule has 0 radical (unpaired) electrons. The fraction of sp³-hybridized carbons (Fsp3) is 0.312. The van der Waals surface area contributed by atoms with Crippen molar-refractivity contribution in [3.05, 3.63) is 42.2 Å². The van der Waals surface area contributed by atoms with Gasteiger partial charge in [0.25, 0.3) is 5.88 Å². The zero-order chi connectivity index (χ0) is 20.7. The lowest BCUT2D eigenvalue weighted by Gasteiger charge is -2.17. The number of methoxy groups -OCH3 is 1. The molecule has 3 aromatic rings. The molecule has 12 heteroatoms. The van der Waals surface area contributed by atoms with Crippen molar-refractivity contribution in [2.24, 2.45) is 0 Å². The highest BCUT2D eigenvalue weighted by Gasteiger charge is 2.39. The first-order valence-electron chi connectivity index (χ1n) is 7.70. The Morgan fingerprint density at radius 1 is 1.07 bits per heavy atom. The second-order valence-electron chi connectivity index (χ2n) is 5.70. The highest BCUT2D eigenvalue weighted by molar-refractivity contribution is 5.64. The van der Waals surface area contributed by atoms with Crippen molar-refractivity contribution in [1.82, 2.24) is 19.6 Å². The van der Waals surface area contributed by atoms with Crippen LogP contribution in [0.4, 0.5) is 26.3 Å². The summed E-state index contributed by atoms with van der Waals surface area (Å²) in [4.78, 5) is 3.55. The summed E-state index contributed by atoms with van der Waals surface area (Å²) >= 11 is 0. The number of pyridine rings is 2. The van der Waals surface area contributed by atoms with Gasteiger partial charge in [-0.1, -0.05) is 0 Å². The average molecular weight is 406 g/mol. The highest BCUT2D eigenvalue weighted by Crippen LogP contribution is 2.30. The Hall–Kier alpha value is -2.89. The Morgan fingerprint density at radius 2 is 1.79 bits per heavy atom. The summed E-state index contributed by atoms with van der Waals surface area (Å²) < 4.78 is 88.8. The second-order valence-corrected chi connectivity index (χ2v) is 5.70. The molecule has 0 aliphatic carbocycles. The van der Waals surface area contributed by atoms with E-state index in [-0.39, 0.29) is 16.8 Å². The van der Waals surface area contributed by atoms with E-state index in [1.54, 1.807) is 0 Å². The van der Waals surface area contributed by atoms with E-state index in [9.17, 15) is 26.3 Å². The predicted molar refractivity (Wildman–Crippen MR) is 83.2 cm³/mol. The number of ether oxygens (including phenoxy) is 2. The van der Waals surface area contributed by atoms with Crippen LogP contribution in [0.3, 0.4) is 0 Å². The van der Waals surface area contributed by atoms with Gasteiger partial charge in [-0.05, 0) is 25.1 Å². The van der Waals surface area contributed by atoms with Crippen LogP contribution in [0, 0.1) is 5.82 Å². The summed E-state index contributed by atoms with van der Waals surface area (Å²) in [5.41, 5.74) is 0.442. The van der Waals surface area contributed by atoms with Gasteiger partial charge in [0.15, 0.2) is 17.6 Å². The number of rotatable bonds is 5. The lowest BCUT2D eigenvalue weighted by Crippen LogP contribution is -2.31. The maximum absolute atomic E-state index is 14.1. The summed E-state index contributed by atoms with van der Waals surface area (Å²) in [5.74, 6) is -2.76. The maximum Gasteiger partial charge on any atom is 0.425 e. The summed E-state index contributed by atoms with van der Waals surface area (Å²) in [5, 5.41) is 6.97. The number of alkyl halides is 5. The minimum atomic E-state index is -4.69. The molecule has 3 heterocycles. The Kier molecular flexibility index (Phi) is 4.91. The van der Waals surface area contributed by atoms with Gasteiger partial charge < -0.3 is 9.47 Å². The van der Waals surface area contributed by atoms with Gasteiger partial charge in [-0.2, -0.15) is 22.0 Å². The van der Waals surface area contributed by atoms with Crippen molar-refractivity contribution >= 4 is 5.65 Å². The van der Waals surface area contributed by atoms with Gasteiger partial charge in [-0.15, -0.1) is 10.2 Å². The molecule has 0 bridgehead atoms. The molecule has 0 amide bonds. The molecular formula is C16H12F6N4O2. The molecule has 0 N–H and O–H groups in total. The molecule has 6 nitrogen and oxygen atoms in total.